The van der Waals surface area contributed by atoms with Crippen LogP contribution in [0.4, 0.5) is 0 Å². The van der Waals surface area contributed by atoms with E-state index in [9.17, 15) is 4.79 Å². The quantitative estimate of drug-likeness (QED) is 0.687. The first-order valence-corrected chi connectivity index (χ1v) is 6.21. The predicted molar refractivity (Wildman–Crippen MR) is 74.9 cm³/mol. The molecule has 0 spiro atoms. The van der Waals surface area contributed by atoms with E-state index in [1.165, 1.54) is 0 Å². The Balaban J connectivity index is 2.23. The lowest BCUT2D eigenvalue weighted by Gasteiger charge is -2.12. The second kappa shape index (κ2) is 4.43. The third-order valence-corrected chi connectivity index (χ3v) is 3.52. The maximum atomic E-state index is 12.3. The third-order valence-electron chi connectivity index (χ3n) is 3.19. The molecule has 0 radical (unpaired) electrons. The zero-order valence-electron chi connectivity index (χ0n) is 9.69. The van der Waals surface area contributed by atoms with Gasteiger partial charge in [-0.05, 0) is 17.2 Å². The van der Waals surface area contributed by atoms with E-state index < -0.39 is 0 Å². The summed E-state index contributed by atoms with van der Waals surface area (Å²) in [5.41, 5.74) is 3.66. The number of hydrogen-bond donors (Lipinski definition) is 0. The highest BCUT2D eigenvalue weighted by atomic mass is 35.5. The fraction of sp³-hybridized carbons (Fsp3) is 0.0625. The molecule has 18 heavy (non-hydrogen) atoms. The van der Waals surface area contributed by atoms with Crippen molar-refractivity contribution < 1.29 is 4.79 Å². The van der Waals surface area contributed by atoms with E-state index >= 15 is 0 Å². The van der Waals surface area contributed by atoms with Crippen molar-refractivity contribution in [2.24, 2.45) is 0 Å². The molecule has 0 amide bonds. The largest absolute Gasteiger partial charge is 0.294 e. The first-order valence-electron chi connectivity index (χ1n) is 5.83. The summed E-state index contributed by atoms with van der Waals surface area (Å²) in [6, 6.07) is 13.4. The predicted octanol–water partition coefficient (Wildman–Crippen LogP) is 4.25. The van der Waals surface area contributed by atoms with Crippen molar-refractivity contribution in [3.8, 4) is 0 Å². The third kappa shape index (κ3) is 1.87. The average molecular weight is 255 g/mol. The molecule has 0 N–H and O–H groups in total. The molecule has 0 unspecified atom stereocenters. The van der Waals surface area contributed by atoms with Crippen LogP contribution >= 0.6 is 11.6 Å². The second-order valence-corrected chi connectivity index (χ2v) is 4.74. The summed E-state index contributed by atoms with van der Waals surface area (Å²) in [5, 5.41) is 0.622. The summed E-state index contributed by atoms with van der Waals surface area (Å²) in [7, 11) is 0. The first kappa shape index (κ1) is 11.2. The minimum absolute atomic E-state index is 0.115. The van der Waals surface area contributed by atoms with Gasteiger partial charge in [-0.15, -0.1) is 0 Å². The fourth-order valence-electron chi connectivity index (χ4n) is 2.25. The van der Waals surface area contributed by atoms with Crippen LogP contribution in [0.15, 0.2) is 42.5 Å². The lowest BCUT2D eigenvalue weighted by Crippen LogP contribution is -2.08. The molecular weight excluding hydrogens is 244 g/mol. The number of halogens is 1. The van der Waals surface area contributed by atoms with Crippen molar-refractivity contribution in [2.45, 2.75) is 6.42 Å². The van der Waals surface area contributed by atoms with Crippen molar-refractivity contribution in [3.63, 3.8) is 0 Å². The lowest BCUT2D eigenvalue weighted by molar-refractivity contribution is 0.0992. The minimum Gasteiger partial charge on any atom is -0.294 e. The maximum Gasteiger partial charge on any atom is 0.167 e. The highest BCUT2D eigenvalue weighted by Gasteiger charge is 2.16. The molecule has 1 aliphatic rings. The van der Waals surface area contributed by atoms with Gasteiger partial charge in [-0.2, -0.15) is 0 Å². The molecule has 3 rings (SSSR count). The van der Waals surface area contributed by atoms with E-state index in [0.717, 1.165) is 16.7 Å². The van der Waals surface area contributed by atoms with Crippen LogP contribution in [0.25, 0.3) is 12.2 Å². The van der Waals surface area contributed by atoms with Crippen molar-refractivity contribution in [3.05, 3.63) is 69.7 Å². The number of rotatable bonds is 0. The van der Waals surface area contributed by atoms with Crippen LogP contribution in [0.5, 0.6) is 0 Å². The summed E-state index contributed by atoms with van der Waals surface area (Å²) in [4.78, 5) is 12.3. The summed E-state index contributed by atoms with van der Waals surface area (Å²) in [5.74, 6) is 0.115. The number of carbonyl (C=O) groups is 1. The van der Waals surface area contributed by atoms with E-state index in [1.807, 2.05) is 54.6 Å². The van der Waals surface area contributed by atoms with Crippen LogP contribution < -0.4 is 0 Å². The highest BCUT2D eigenvalue weighted by Crippen LogP contribution is 2.27. The summed E-state index contributed by atoms with van der Waals surface area (Å²) in [6.07, 6.45) is 4.37. The Bertz CT molecular complexity index is 656. The van der Waals surface area contributed by atoms with Crippen molar-refractivity contribution in [2.75, 3.05) is 0 Å². The molecule has 0 aliphatic heterocycles. The monoisotopic (exact) mass is 254 g/mol. The molecule has 0 atom stereocenters. The summed E-state index contributed by atoms with van der Waals surface area (Å²) in [6.45, 7) is 0. The van der Waals surface area contributed by atoms with Crippen LogP contribution in [0.3, 0.4) is 0 Å². The van der Waals surface area contributed by atoms with Gasteiger partial charge in [0.05, 0.1) is 0 Å². The standard InChI is InChI=1S/C16H11ClO/c17-15-7-3-6-14-13(15)9-8-11-4-1-2-5-12(11)10-16(14)18/h1-9H,10H2. The van der Waals surface area contributed by atoms with E-state index in [1.54, 1.807) is 0 Å². The van der Waals surface area contributed by atoms with Gasteiger partial charge in [0.1, 0.15) is 0 Å². The minimum atomic E-state index is 0.115. The lowest BCUT2D eigenvalue weighted by atomic mass is 9.92. The van der Waals surface area contributed by atoms with Gasteiger partial charge in [0.15, 0.2) is 5.78 Å². The van der Waals surface area contributed by atoms with E-state index in [-0.39, 0.29) is 5.78 Å². The van der Waals surface area contributed by atoms with Crippen LogP contribution in [-0.4, -0.2) is 5.78 Å². The number of benzene rings is 2. The number of hydrogen-bond acceptors (Lipinski definition) is 1. The molecule has 88 valence electrons. The van der Waals surface area contributed by atoms with Crippen LogP contribution in [-0.2, 0) is 6.42 Å². The Hall–Kier alpha value is -1.86. The highest BCUT2D eigenvalue weighted by molar-refractivity contribution is 6.33. The molecule has 2 heteroatoms. The topological polar surface area (TPSA) is 17.1 Å². The van der Waals surface area contributed by atoms with Crippen molar-refractivity contribution >= 4 is 29.5 Å². The molecule has 1 nitrogen and oxygen atoms in total. The number of ketones is 1. The van der Waals surface area contributed by atoms with Gasteiger partial charge in [-0.3, -0.25) is 4.79 Å². The second-order valence-electron chi connectivity index (χ2n) is 4.33. The average Bonchev–Trinajstić information content (AvgIpc) is 2.36. The number of Topliss-reactive ketones (excluding diaryl/α,β-unsaturated/α-hetero) is 1. The van der Waals surface area contributed by atoms with Crippen LogP contribution in [0.1, 0.15) is 27.0 Å². The van der Waals surface area contributed by atoms with E-state index in [0.29, 0.717) is 17.0 Å². The Kier molecular flexibility index (Phi) is 2.77. The van der Waals surface area contributed by atoms with Gasteiger partial charge >= 0.3 is 0 Å². The molecule has 1 aliphatic carbocycles. The van der Waals surface area contributed by atoms with E-state index in [4.69, 9.17) is 11.6 Å². The Morgan fingerprint density at radius 3 is 2.67 bits per heavy atom. The van der Waals surface area contributed by atoms with Crippen LogP contribution in [0, 0.1) is 0 Å². The Morgan fingerprint density at radius 1 is 0.944 bits per heavy atom. The molecule has 2 aromatic carbocycles. The maximum absolute atomic E-state index is 12.3. The van der Waals surface area contributed by atoms with Crippen LogP contribution in [0.2, 0.25) is 5.02 Å². The SMILES string of the molecule is O=C1Cc2ccccc2C=Cc2c(Cl)cccc21. The summed E-state index contributed by atoms with van der Waals surface area (Å²) >= 11 is 6.16. The Labute approximate surface area is 111 Å². The van der Waals surface area contributed by atoms with E-state index in [2.05, 4.69) is 0 Å². The molecule has 0 heterocycles. The van der Waals surface area contributed by atoms with Gasteiger partial charge in [-0.25, -0.2) is 0 Å². The Morgan fingerprint density at radius 2 is 1.78 bits per heavy atom. The number of carbonyl (C=O) groups excluding carboxylic acids is 1. The molecular formula is C16H11ClO. The molecule has 2 aromatic rings. The smallest absolute Gasteiger partial charge is 0.167 e. The van der Waals surface area contributed by atoms with Gasteiger partial charge in [-0.1, -0.05) is 60.2 Å². The zero-order valence-corrected chi connectivity index (χ0v) is 10.4. The molecule has 0 fully saturated rings. The molecule has 0 bridgehead atoms. The van der Waals surface area contributed by atoms with Gasteiger partial charge < -0.3 is 0 Å². The normalized spacial score (nSPS) is 13.5. The fourth-order valence-corrected chi connectivity index (χ4v) is 2.49. The number of fused-ring (bicyclic) bond motifs is 2. The van der Waals surface area contributed by atoms with Crippen molar-refractivity contribution in [1.82, 2.24) is 0 Å². The summed E-state index contributed by atoms with van der Waals surface area (Å²) < 4.78 is 0. The van der Waals surface area contributed by atoms with Gasteiger partial charge in [0, 0.05) is 22.6 Å². The molecule has 0 saturated heterocycles. The zero-order chi connectivity index (χ0) is 12.5. The van der Waals surface area contributed by atoms with Gasteiger partial charge in [0.2, 0.25) is 0 Å². The molecule has 0 saturated carbocycles. The van der Waals surface area contributed by atoms with Crippen molar-refractivity contribution in [1.29, 1.82) is 0 Å². The van der Waals surface area contributed by atoms with Gasteiger partial charge in [0.25, 0.3) is 0 Å². The molecule has 0 aromatic heterocycles. The first-order chi connectivity index (χ1) is 8.75.